The minimum absolute atomic E-state index is 0.112. The van der Waals surface area contributed by atoms with Crippen LogP contribution in [0.2, 0.25) is 0 Å². The van der Waals surface area contributed by atoms with Gasteiger partial charge in [-0.1, -0.05) is 19.9 Å². The second-order valence-corrected chi connectivity index (χ2v) is 6.94. The molecule has 26 heavy (non-hydrogen) atoms. The maximum atomic E-state index is 13.1. The van der Waals surface area contributed by atoms with E-state index >= 15 is 0 Å². The number of rotatable bonds is 5. The Kier molecular flexibility index (Phi) is 4.82. The average Bonchev–Trinajstić information content (AvgIpc) is 3.17. The van der Waals surface area contributed by atoms with Gasteiger partial charge in [0.1, 0.15) is 6.04 Å². The maximum absolute atomic E-state index is 13.1. The first-order chi connectivity index (χ1) is 12.2. The summed E-state index contributed by atoms with van der Waals surface area (Å²) in [4.78, 5) is 25.2. The molecule has 2 aromatic rings. The summed E-state index contributed by atoms with van der Waals surface area (Å²) in [6.45, 7) is 3.58. The zero-order valence-corrected chi connectivity index (χ0v) is 14.7. The van der Waals surface area contributed by atoms with Gasteiger partial charge in [0.2, 0.25) is 5.91 Å². The van der Waals surface area contributed by atoms with E-state index < -0.39 is 18.2 Å². The fourth-order valence-corrected chi connectivity index (χ4v) is 3.03. The number of benzene rings is 1. The largest absolute Gasteiger partial charge is 0.586 e. The lowest BCUT2D eigenvalue weighted by molar-refractivity contribution is -0.286. The number of halogens is 2. The molecule has 6 nitrogen and oxygen atoms in total. The zero-order valence-electron chi connectivity index (χ0n) is 13.9. The molecule has 0 spiro atoms. The van der Waals surface area contributed by atoms with Crippen molar-refractivity contribution in [2.24, 2.45) is 5.92 Å². The Balaban J connectivity index is 1.70. The van der Waals surface area contributed by atoms with E-state index in [9.17, 15) is 18.4 Å². The Labute approximate surface area is 152 Å². The predicted octanol–water partition coefficient (Wildman–Crippen LogP) is 3.46. The molecule has 2 N–H and O–H groups in total. The summed E-state index contributed by atoms with van der Waals surface area (Å²) in [6.07, 6.45) is -3.72. The van der Waals surface area contributed by atoms with Crippen LogP contribution in [0.15, 0.2) is 35.7 Å². The van der Waals surface area contributed by atoms with Gasteiger partial charge in [-0.2, -0.15) is 0 Å². The number of ether oxygens (including phenoxy) is 2. The van der Waals surface area contributed by atoms with Crippen LogP contribution in [0.1, 0.15) is 23.5 Å². The van der Waals surface area contributed by atoms with Crippen LogP contribution in [0, 0.1) is 5.92 Å². The number of anilines is 1. The number of hydrogen-bond acceptors (Lipinski definition) is 5. The minimum Gasteiger partial charge on any atom is -0.395 e. The Morgan fingerprint density at radius 3 is 2.54 bits per heavy atom. The summed E-state index contributed by atoms with van der Waals surface area (Å²) >= 11 is 1.27. The number of amides is 2. The molecule has 1 aliphatic heterocycles. The molecule has 0 saturated carbocycles. The molecule has 9 heteroatoms. The van der Waals surface area contributed by atoms with Gasteiger partial charge in [0.15, 0.2) is 11.5 Å². The van der Waals surface area contributed by atoms with Gasteiger partial charge >= 0.3 is 6.29 Å². The lowest BCUT2D eigenvalue weighted by atomic mass is 10.0. The molecule has 0 radical (unpaired) electrons. The molecule has 1 atom stereocenters. The van der Waals surface area contributed by atoms with Crippen molar-refractivity contribution in [3.8, 4) is 11.5 Å². The zero-order chi connectivity index (χ0) is 18.9. The van der Waals surface area contributed by atoms with E-state index in [1.807, 2.05) is 0 Å². The third kappa shape index (κ3) is 3.93. The molecule has 0 aliphatic carbocycles. The van der Waals surface area contributed by atoms with Crippen molar-refractivity contribution < 1.29 is 27.8 Å². The van der Waals surface area contributed by atoms with Crippen LogP contribution >= 0.6 is 11.3 Å². The van der Waals surface area contributed by atoms with Crippen molar-refractivity contribution in [2.75, 3.05) is 5.32 Å². The quantitative estimate of drug-likeness (QED) is 0.830. The highest BCUT2D eigenvalue weighted by Gasteiger charge is 2.43. The standard InChI is InChI=1S/C17H16F2N2O4S/c1-9(2)14(21-15(22)13-4-3-7-26-13)16(23)20-10-5-6-11-12(8-10)25-17(18,19)24-11/h3-9,14H,1-2H3,(H,20,23)(H,21,22). The third-order valence-corrected chi connectivity index (χ3v) is 4.52. The summed E-state index contributed by atoms with van der Waals surface area (Å²) in [7, 11) is 0. The first-order valence-electron chi connectivity index (χ1n) is 7.80. The molecule has 0 saturated heterocycles. The number of thiophene rings is 1. The van der Waals surface area contributed by atoms with Crippen molar-refractivity contribution in [3.05, 3.63) is 40.6 Å². The predicted molar refractivity (Wildman–Crippen MR) is 91.7 cm³/mol. The van der Waals surface area contributed by atoms with Gasteiger partial charge in [0.25, 0.3) is 5.91 Å². The van der Waals surface area contributed by atoms with Crippen molar-refractivity contribution >= 4 is 28.8 Å². The van der Waals surface area contributed by atoms with E-state index in [0.29, 0.717) is 4.88 Å². The molecule has 1 unspecified atom stereocenters. The number of fused-ring (bicyclic) bond motifs is 1. The van der Waals surface area contributed by atoms with Crippen LogP contribution in [-0.2, 0) is 4.79 Å². The molecule has 138 valence electrons. The molecule has 1 aromatic heterocycles. The third-order valence-electron chi connectivity index (χ3n) is 3.65. The number of carbonyl (C=O) groups is 2. The van der Waals surface area contributed by atoms with Gasteiger partial charge in [0.05, 0.1) is 4.88 Å². The lowest BCUT2D eigenvalue weighted by Gasteiger charge is -2.21. The molecule has 2 amide bonds. The molecule has 0 fully saturated rings. The monoisotopic (exact) mass is 382 g/mol. The Morgan fingerprint density at radius 1 is 1.15 bits per heavy atom. The molecule has 3 rings (SSSR count). The van der Waals surface area contributed by atoms with Crippen molar-refractivity contribution in [1.82, 2.24) is 5.32 Å². The summed E-state index contributed by atoms with van der Waals surface area (Å²) < 4.78 is 34.8. The smallest absolute Gasteiger partial charge is 0.395 e. The van der Waals surface area contributed by atoms with Crippen molar-refractivity contribution in [2.45, 2.75) is 26.2 Å². The minimum atomic E-state index is -3.72. The van der Waals surface area contributed by atoms with Crippen molar-refractivity contribution in [1.29, 1.82) is 0 Å². The van der Waals surface area contributed by atoms with Crippen LogP contribution in [0.3, 0.4) is 0 Å². The first kappa shape index (κ1) is 18.1. The summed E-state index contributed by atoms with van der Waals surface area (Å²) in [5, 5.41) is 7.05. The Bertz CT molecular complexity index is 824. The van der Waals surface area contributed by atoms with Gasteiger partial charge in [-0.25, -0.2) is 0 Å². The van der Waals surface area contributed by atoms with E-state index in [1.165, 1.54) is 29.5 Å². The van der Waals surface area contributed by atoms with Crippen LogP contribution in [0.4, 0.5) is 14.5 Å². The molecule has 0 bridgehead atoms. The highest BCUT2D eigenvalue weighted by atomic mass is 32.1. The van der Waals surface area contributed by atoms with Crippen LogP contribution < -0.4 is 20.1 Å². The highest BCUT2D eigenvalue weighted by Crippen LogP contribution is 2.42. The van der Waals surface area contributed by atoms with Gasteiger partial charge in [-0.3, -0.25) is 9.59 Å². The molecule has 1 aliphatic rings. The van der Waals surface area contributed by atoms with Crippen LogP contribution in [0.25, 0.3) is 0 Å². The summed E-state index contributed by atoms with van der Waals surface area (Å²) in [6, 6.07) is 6.55. The van der Waals surface area contributed by atoms with Gasteiger partial charge in [-0.05, 0) is 29.5 Å². The molecule has 2 heterocycles. The van der Waals surface area contributed by atoms with Gasteiger partial charge in [-0.15, -0.1) is 20.1 Å². The molecule has 1 aromatic carbocycles. The van der Waals surface area contributed by atoms with Crippen LogP contribution in [0.5, 0.6) is 11.5 Å². The van der Waals surface area contributed by atoms with E-state index in [1.54, 1.807) is 31.4 Å². The first-order valence-corrected chi connectivity index (χ1v) is 8.68. The SMILES string of the molecule is CC(C)C(NC(=O)c1cccs1)C(=O)Nc1ccc2c(c1)OC(F)(F)O2. The number of nitrogens with one attached hydrogen (secondary N) is 2. The second-order valence-electron chi connectivity index (χ2n) is 5.99. The van der Waals surface area contributed by atoms with E-state index in [-0.39, 0.29) is 29.0 Å². The Morgan fingerprint density at radius 2 is 1.88 bits per heavy atom. The topological polar surface area (TPSA) is 76.7 Å². The lowest BCUT2D eigenvalue weighted by Crippen LogP contribution is -2.46. The summed E-state index contributed by atoms with van der Waals surface area (Å²) in [5.74, 6) is -1.28. The Hall–Kier alpha value is -2.68. The fourth-order valence-electron chi connectivity index (χ4n) is 2.40. The normalized spacial score (nSPS) is 15.6. The van der Waals surface area contributed by atoms with E-state index in [4.69, 9.17) is 0 Å². The fraction of sp³-hybridized carbons (Fsp3) is 0.294. The average molecular weight is 382 g/mol. The number of alkyl halides is 2. The number of hydrogen-bond donors (Lipinski definition) is 2. The molecular weight excluding hydrogens is 366 g/mol. The maximum Gasteiger partial charge on any atom is 0.586 e. The van der Waals surface area contributed by atoms with E-state index in [0.717, 1.165) is 0 Å². The highest BCUT2D eigenvalue weighted by molar-refractivity contribution is 7.12. The van der Waals surface area contributed by atoms with Crippen LogP contribution in [-0.4, -0.2) is 24.2 Å². The van der Waals surface area contributed by atoms with Gasteiger partial charge in [0, 0.05) is 11.8 Å². The van der Waals surface area contributed by atoms with E-state index in [2.05, 4.69) is 20.1 Å². The van der Waals surface area contributed by atoms with Crippen molar-refractivity contribution in [3.63, 3.8) is 0 Å². The second kappa shape index (κ2) is 6.91. The number of carbonyl (C=O) groups excluding carboxylic acids is 2. The summed E-state index contributed by atoms with van der Waals surface area (Å²) in [5.41, 5.74) is 0.256. The van der Waals surface area contributed by atoms with Gasteiger partial charge < -0.3 is 20.1 Å². The molecular formula is C17H16F2N2O4S.